The summed E-state index contributed by atoms with van der Waals surface area (Å²) in [5.41, 5.74) is 6.18. The van der Waals surface area contributed by atoms with Crippen LogP contribution in [0, 0.1) is 5.82 Å². The highest BCUT2D eigenvalue weighted by Crippen LogP contribution is 2.26. The molecule has 0 heterocycles. The quantitative estimate of drug-likeness (QED) is 0.888. The molecule has 2 nitrogen and oxygen atoms in total. The van der Waals surface area contributed by atoms with Gasteiger partial charge in [-0.3, -0.25) is 0 Å². The molecule has 0 aliphatic carbocycles. The predicted octanol–water partition coefficient (Wildman–Crippen LogP) is 2.10. The number of halogens is 2. The minimum atomic E-state index is -0.288. The van der Waals surface area contributed by atoms with E-state index in [1.807, 2.05) is 0 Å². The third-order valence-electron chi connectivity index (χ3n) is 1.74. The SMILES string of the molecule is COc1cc(Br)c(F)cc1CCN. The standard InChI is InChI=1S/C9H11BrFNO/c1-13-9-5-7(10)8(11)4-6(9)2-3-12/h4-5H,2-3,12H2,1H3. The lowest BCUT2D eigenvalue weighted by atomic mass is 10.1. The Labute approximate surface area is 85.0 Å². The summed E-state index contributed by atoms with van der Waals surface area (Å²) in [6.45, 7) is 0.484. The molecule has 0 aliphatic heterocycles. The molecule has 0 amide bonds. The molecule has 0 spiro atoms. The molecule has 0 bridgehead atoms. The highest BCUT2D eigenvalue weighted by molar-refractivity contribution is 9.10. The van der Waals surface area contributed by atoms with Gasteiger partial charge in [-0.1, -0.05) is 0 Å². The molecule has 1 aromatic rings. The second-order valence-electron chi connectivity index (χ2n) is 2.62. The van der Waals surface area contributed by atoms with Crippen LogP contribution in [0.4, 0.5) is 4.39 Å². The molecule has 0 saturated carbocycles. The summed E-state index contributed by atoms with van der Waals surface area (Å²) in [5.74, 6) is 0.378. The lowest BCUT2D eigenvalue weighted by Gasteiger charge is -2.08. The van der Waals surface area contributed by atoms with E-state index in [2.05, 4.69) is 15.9 Å². The van der Waals surface area contributed by atoms with Gasteiger partial charge in [-0.15, -0.1) is 0 Å². The first-order chi connectivity index (χ1) is 6.19. The van der Waals surface area contributed by atoms with Gasteiger partial charge in [-0.2, -0.15) is 0 Å². The van der Waals surface area contributed by atoms with Crippen molar-refractivity contribution in [2.75, 3.05) is 13.7 Å². The normalized spacial score (nSPS) is 10.2. The fraction of sp³-hybridized carbons (Fsp3) is 0.333. The van der Waals surface area contributed by atoms with Gasteiger partial charge in [0.15, 0.2) is 0 Å². The monoisotopic (exact) mass is 247 g/mol. The van der Waals surface area contributed by atoms with E-state index < -0.39 is 0 Å². The molecular formula is C9H11BrFNO. The molecule has 72 valence electrons. The van der Waals surface area contributed by atoms with Gasteiger partial charge in [0.25, 0.3) is 0 Å². The summed E-state index contributed by atoms with van der Waals surface area (Å²) in [6.07, 6.45) is 0.618. The Bertz CT molecular complexity index is 304. The molecule has 0 saturated heterocycles. The van der Waals surface area contributed by atoms with Crippen LogP contribution in [0.15, 0.2) is 16.6 Å². The van der Waals surface area contributed by atoms with Crippen molar-refractivity contribution in [3.63, 3.8) is 0 Å². The number of hydrogen-bond donors (Lipinski definition) is 1. The average molecular weight is 248 g/mol. The van der Waals surface area contributed by atoms with Crippen molar-refractivity contribution in [3.05, 3.63) is 28.0 Å². The molecule has 1 rings (SSSR count). The van der Waals surface area contributed by atoms with E-state index in [1.165, 1.54) is 6.07 Å². The Balaban J connectivity index is 3.09. The molecule has 0 unspecified atom stereocenters. The molecule has 1 aromatic carbocycles. The first kappa shape index (κ1) is 10.5. The molecule has 2 N–H and O–H groups in total. The van der Waals surface area contributed by atoms with E-state index in [9.17, 15) is 4.39 Å². The van der Waals surface area contributed by atoms with Crippen LogP contribution in [-0.4, -0.2) is 13.7 Å². The second kappa shape index (κ2) is 4.58. The Morgan fingerprint density at radius 1 is 1.54 bits per heavy atom. The van der Waals surface area contributed by atoms with Crippen LogP contribution >= 0.6 is 15.9 Å². The van der Waals surface area contributed by atoms with E-state index in [4.69, 9.17) is 10.5 Å². The zero-order chi connectivity index (χ0) is 9.84. The van der Waals surface area contributed by atoms with Crippen LogP contribution in [0.3, 0.4) is 0 Å². The van der Waals surface area contributed by atoms with E-state index in [0.717, 1.165) is 5.56 Å². The van der Waals surface area contributed by atoms with Crippen molar-refractivity contribution in [2.24, 2.45) is 5.73 Å². The van der Waals surface area contributed by atoms with Gasteiger partial charge in [-0.25, -0.2) is 4.39 Å². The van der Waals surface area contributed by atoms with Gasteiger partial charge in [0.05, 0.1) is 11.6 Å². The molecule has 0 aromatic heterocycles. The van der Waals surface area contributed by atoms with Gasteiger partial charge in [-0.05, 0) is 46.6 Å². The van der Waals surface area contributed by atoms with Crippen molar-refractivity contribution in [2.45, 2.75) is 6.42 Å². The molecule has 0 atom stereocenters. The van der Waals surface area contributed by atoms with E-state index >= 15 is 0 Å². The van der Waals surface area contributed by atoms with Crippen molar-refractivity contribution in [1.29, 1.82) is 0 Å². The van der Waals surface area contributed by atoms with Gasteiger partial charge >= 0.3 is 0 Å². The summed E-state index contributed by atoms with van der Waals surface area (Å²) < 4.78 is 18.6. The van der Waals surface area contributed by atoms with Gasteiger partial charge in [0.2, 0.25) is 0 Å². The van der Waals surface area contributed by atoms with E-state index in [1.54, 1.807) is 13.2 Å². The highest BCUT2D eigenvalue weighted by Gasteiger charge is 2.07. The number of hydrogen-bond acceptors (Lipinski definition) is 2. The Hall–Kier alpha value is -0.610. The summed E-state index contributed by atoms with van der Waals surface area (Å²) >= 11 is 3.09. The number of methoxy groups -OCH3 is 1. The van der Waals surface area contributed by atoms with Crippen LogP contribution in [0.25, 0.3) is 0 Å². The zero-order valence-corrected chi connectivity index (χ0v) is 8.90. The van der Waals surface area contributed by atoms with E-state index in [-0.39, 0.29) is 5.82 Å². The highest BCUT2D eigenvalue weighted by atomic mass is 79.9. The molecule has 4 heteroatoms. The summed E-state index contributed by atoms with van der Waals surface area (Å²) in [7, 11) is 1.56. The lowest BCUT2D eigenvalue weighted by Crippen LogP contribution is -2.04. The van der Waals surface area contributed by atoms with E-state index in [0.29, 0.717) is 23.2 Å². The fourth-order valence-corrected chi connectivity index (χ4v) is 1.43. The van der Waals surface area contributed by atoms with Crippen molar-refractivity contribution in [3.8, 4) is 5.75 Å². The minimum Gasteiger partial charge on any atom is -0.496 e. The Morgan fingerprint density at radius 2 is 2.23 bits per heavy atom. The lowest BCUT2D eigenvalue weighted by molar-refractivity contribution is 0.408. The third-order valence-corrected chi connectivity index (χ3v) is 2.34. The van der Waals surface area contributed by atoms with Crippen LogP contribution < -0.4 is 10.5 Å². The van der Waals surface area contributed by atoms with Crippen molar-refractivity contribution >= 4 is 15.9 Å². The molecule has 0 fully saturated rings. The van der Waals surface area contributed by atoms with Gasteiger partial charge in [0, 0.05) is 0 Å². The Kier molecular flexibility index (Phi) is 3.69. The van der Waals surface area contributed by atoms with Crippen molar-refractivity contribution in [1.82, 2.24) is 0 Å². The third kappa shape index (κ3) is 2.42. The average Bonchev–Trinajstić information content (AvgIpc) is 2.11. The maximum Gasteiger partial charge on any atom is 0.137 e. The van der Waals surface area contributed by atoms with Crippen LogP contribution in [0.5, 0.6) is 5.75 Å². The van der Waals surface area contributed by atoms with Crippen LogP contribution in [-0.2, 0) is 6.42 Å². The minimum absolute atomic E-state index is 0.288. The largest absolute Gasteiger partial charge is 0.496 e. The molecule has 0 radical (unpaired) electrons. The predicted molar refractivity (Wildman–Crippen MR) is 53.4 cm³/mol. The van der Waals surface area contributed by atoms with Crippen molar-refractivity contribution < 1.29 is 9.13 Å². The smallest absolute Gasteiger partial charge is 0.137 e. The summed E-state index contributed by atoms with van der Waals surface area (Å²) in [5, 5.41) is 0. The van der Waals surface area contributed by atoms with Gasteiger partial charge < -0.3 is 10.5 Å². The number of rotatable bonds is 3. The molecular weight excluding hydrogens is 237 g/mol. The summed E-state index contributed by atoms with van der Waals surface area (Å²) in [4.78, 5) is 0. The Morgan fingerprint density at radius 3 is 2.77 bits per heavy atom. The van der Waals surface area contributed by atoms with Gasteiger partial charge in [0.1, 0.15) is 11.6 Å². The summed E-state index contributed by atoms with van der Waals surface area (Å²) in [6, 6.07) is 3.05. The number of benzene rings is 1. The topological polar surface area (TPSA) is 35.2 Å². The van der Waals surface area contributed by atoms with Crippen LogP contribution in [0.1, 0.15) is 5.56 Å². The number of nitrogens with two attached hydrogens (primary N) is 1. The van der Waals surface area contributed by atoms with Crippen LogP contribution in [0.2, 0.25) is 0 Å². The second-order valence-corrected chi connectivity index (χ2v) is 3.47. The number of ether oxygens (including phenoxy) is 1. The molecule has 13 heavy (non-hydrogen) atoms. The maximum absolute atomic E-state index is 13.1. The molecule has 0 aliphatic rings. The first-order valence-electron chi connectivity index (χ1n) is 3.91. The first-order valence-corrected chi connectivity index (χ1v) is 4.70. The fourth-order valence-electron chi connectivity index (χ4n) is 1.11. The zero-order valence-electron chi connectivity index (χ0n) is 7.31. The maximum atomic E-state index is 13.1.